The number of hydrogen-bond donors (Lipinski definition) is 8. The summed E-state index contributed by atoms with van der Waals surface area (Å²) in [6.07, 6.45) is 0. The Morgan fingerprint density at radius 3 is 1.89 bits per heavy atom. The molecule has 0 amide bonds. The summed E-state index contributed by atoms with van der Waals surface area (Å²) in [5.41, 5.74) is 6.65. The number of aromatic nitrogens is 4. The largest absolute Gasteiger partial charge is 0.368 e. The van der Waals surface area contributed by atoms with E-state index in [4.69, 9.17) is 5.73 Å². The number of anilines is 7. The van der Waals surface area contributed by atoms with Crippen LogP contribution < -0.4 is 27.2 Å². The summed E-state index contributed by atoms with van der Waals surface area (Å²) in [4.78, 5) is 38.8. The number of ketones is 1. The van der Waals surface area contributed by atoms with Crippen LogP contribution in [0.3, 0.4) is 0 Å². The number of nitrogens with two attached hydrogens (primary N) is 1. The van der Waals surface area contributed by atoms with Gasteiger partial charge in [-0.1, -0.05) is 24.3 Å². The Morgan fingerprint density at radius 1 is 0.604 bits per heavy atom. The number of H-pyrrole nitrogens is 1. The topological polar surface area (TPSA) is 314 Å². The molecule has 0 radical (unpaired) electrons. The van der Waals surface area contributed by atoms with Gasteiger partial charge in [0, 0.05) is 28.2 Å². The normalized spacial score (nSPS) is 12.7. The zero-order chi connectivity index (χ0) is 38.0. The molecule has 2 aromatic heterocycles. The molecule has 270 valence electrons. The SMILES string of the molecule is Nc1nc(Nc2ccc(S(=O)(=O)O)c(Nc3ccc4[nH]c(=O)cc5c4c3C(=O)c3ccccc3-5)c2)nc(Nc2cc(S(=O)(=O)O)ccc2S(=O)(=O)O)n1. The van der Waals surface area contributed by atoms with Crippen LogP contribution >= 0.6 is 0 Å². The van der Waals surface area contributed by atoms with Crippen molar-refractivity contribution >= 4 is 87.6 Å². The average Bonchev–Trinajstić information content (AvgIpc) is 3.06. The van der Waals surface area contributed by atoms with E-state index in [-0.39, 0.29) is 28.6 Å². The summed E-state index contributed by atoms with van der Waals surface area (Å²) in [6.45, 7) is 0. The molecule has 0 atom stereocenters. The Morgan fingerprint density at radius 2 is 1.23 bits per heavy atom. The molecule has 7 rings (SSSR count). The molecule has 0 saturated carbocycles. The van der Waals surface area contributed by atoms with Crippen LogP contribution in [0.4, 0.5) is 40.6 Å². The first-order valence-electron chi connectivity index (χ1n) is 14.7. The molecule has 19 nitrogen and oxygen atoms in total. The minimum atomic E-state index is -4.94. The molecule has 0 bridgehead atoms. The third kappa shape index (κ3) is 6.75. The first-order chi connectivity index (χ1) is 24.9. The van der Waals surface area contributed by atoms with Gasteiger partial charge in [0.05, 0.1) is 27.5 Å². The number of hydrogen-bond acceptors (Lipinski definition) is 15. The Hall–Kier alpha value is -6.30. The fourth-order valence-electron chi connectivity index (χ4n) is 5.78. The van der Waals surface area contributed by atoms with Crippen molar-refractivity contribution < 1.29 is 43.7 Å². The number of fused-ring (bicyclic) bond motifs is 2. The zero-order valence-corrected chi connectivity index (χ0v) is 28.7. The molecule has 0 fully saturated rings. The lowest BCUT2D eigenvalue weighted by Gasteiger charge is -2.23. The first-order valence-corrected chi connectivity index (χ1v) is 19.1. The predicted octanol–water partition coefficient (Wildman–Crippen LogP) is 3.48. The third-order valence-electron chi connectivity index (χ3n) is 7.91. The molecule has 1 aliphatic rings. The van der Waals surface area contributed by atoms with Crippen LogP contribution in [-0.2, 0) is 30.4 Å². The van der Waals surface area contributed by atoms with Gasteiger partial charge < -0.3 is 26.7 Å². The van der Waals surface area contributed by atoms with Crippen molar-refractivity contribution in [1.29, 1.82) is 0 Å². The lowest BCUT2D eigenvalue weighted by Crippen LogP contribution is -2.16. The van der Waals surface area contributed by atoms with Crippen LogP contribution in [0.15, 0.2) is 98.3 Å². The third-order valence-corrected chi connectivity index (χ3v) is 10.6. The molecule has 0 aliphatic heterocycles. The molecule has 22 heteroatoms. The van der Waals surface area contributed by atoms with E-state index in [0.717, 1.165) is 12.1 Å². The molecule has 0 spiro atoms. The van der Waals surface area contributed by atoms with Crippen LogP contribution in [0.5, 0.6) is 0 Å². The number of nitrogens with one attached hydrogen (secondary N) is 4. The highest BCUT2D eigenvalue weighted by Crippen LogP contribution is 2.42. The van der Waals surface area contributed by atoms with Crippen molar-refractivity contribution in [1.82, 2.24) is 19.9 Å². The average molecular weight is 779 g/mol. The van der Waals surface area contributed by atoms with Gasteiger partial charge >= 0.3 is 0 Å². The maximum Gasteiger partial charge on any atom is 0.296 e. The minimum absolute atomic E-state index is 0.0829. The van der Waals surface area contributed by atoms with Gasteiger partial charge in [0.2, 0.25) is 23.4 Å². The quantitative estimate of drug-likeness (QED) is 0.0972. The lowest BCUT2D eigenvalue weighted by molar-refractivity contribution is 0.104. The van der Waals surface area contributed by atoms with Crippen molar-refractivity contribution in [2.75, 3.05) is 21.7 Å². The van der Waals surface area contributed by atoms with Gasteiger partial charge in [0.25, 0.3) is 30.4 Å². The van der Waals surface area contributed by atoms with E-state index in [1.54, 1.807) is 24.3 Å². The summed E-state index contributed by atoms with van der Waals surface area (Å²) in [7, 11) is -14.6. The summed E-state index contributed by atoms with van der Waals surface area (Å²) in [6, 6.07) is 16.7. The van der Waals surface area contributed by atoms with Crippen LogP contribution in [0, 0.1) is 0 Å². The molecule has 53 heavy (non-hydrogen) atoms. The van der Waals surface area contributed by atoms with Crippen molar-refractivity contribution in [2.24, 2.45) is 0 Å². The summed E-state index contributed by atoms with van der Waals surface area (Å²) >= 11 is 0. The van der Waals surface area contributed by atoms with Crippen LogP contribution in [0.1, 0.15) is 15.9 Å². The Labute approximate surface area is 298 Å². The Balaban J connectivity index is 1.28. The number of carbonyl (C=O) groups is 1. The number of carbonyl (C=O) groups excluding carboxylic acids is 1. The second kappa shape index (κ2) is 12.4. The van der Waals surface area contributed by atoms with E-state index in [9.17, 15) is 48.5 Å². The molecule has 2 heterocycles. The van der Waals surface area contributed by atoms with Gasteiger partial charge in [0.15, 0.2) is 5.78 Å². The predicted molar refractivity (Wildman–Crippen MR) is 190 cm³/mol. The minimum Gasteiger partial charge on any atom is -0.368 e. The van der Waals surface area contributed by atoms with E-state index in [0.29, 0.717) is 39.7 Å². The van der Waals surface area contributed by atoms with Gasteiger partial charge in [-0.15, -0.1) is 0 Å². The summed E-state index contributed by atoms with van der Waals surface area (Å²) in [5.74, 6) is -1.64. The fourth-order valence-corrected chi connectivity index (χ4v) is 7.55. The molecule has 6 aromatic rings. The number of pyridine rings is 1. The van der Waals surface area contributed by atoms with Crippen molar-refractivity contribution in [2.45, 2.75) is 14.7 Å². The van der Waals surface area contributed by atoms with E-state index in [2.05, 4.69) is 35.9 Å². The number of nitrogen functional groups attached to an aromatic ring is 1. The van der Waals surface area contributed by atoms with Gasteiger partial charge in [0.1, 0.15) is 9.79 Å². The monoisotopic (exact) mass is 778 g/mol. The number of rotatable bonds is 9. The molecule has 0 saturated heterocycles. The summed E-state index contributed by atoms with van der Waals surface area (Å²) in [5, 5.41) is 8.48. The standard InChI is InChI=1S/C31H22N8O11S3/c32-29-37-30(39-31(38-29)36-22-12-15(51(42,43)44)6-10-24(22)53(48,49)50)33-14-5-9-23(52(45,46)47)21(11-14)34-20-8-7-19-26-18(13-25(40)35-19)16-3-1-2-4-17(16)28(41)27(20)26/h1-13,34H,(H,35,40)(H,42,43,44)(H,45,46,47)(H,48,49,50)(H4,32,33,36,37,38,39). The molecule has 0 unspecified atom stereocenters. The highest BCUT2D eigenvalue weighted by atomic mass is 32.2. The van der Waals surface area contributed by atoms with Crippen LogP contribution in [0.2, 0.25) is 0 Å². The highest BCUT2D eigenvalue weighted by molar-refractivity contribution is 7.86. The second-order valence-electron chi connectivity index (χ2n) is 11.3. The van der Waals surface area contributed by atoms with E-state index >= 15 is 0 Å². The fraction of sp³-hybridized carbons (Fsp3) is 0. The second-order valence-corrected chi connectivity index (χ2v) is 15.5. The van der Waals surface area contributed by atoms with E-state index < -0.39 is 74.0 Å². The Kier molecular flexibility index (Phi) is 8.24. The van der Waals surface area contributed by atoms with Crippen molar-refractivity contribution in [3.05, 3.63) is 100 Å². The number of aromatic amines is 1. The van der Waals surface area contributed by atoms with Crippen molar-refractivity contribution in [3.63, 3.8) is 0 Å². The summed E-state index contributed by atoms with van der Waals surface area (Å²) < 4.78 is 101. The van der Waals surface area contributed by atoms with Crippen LogP contribution in [0.25, 0.3) is 22.0 Å². The Bertz CT molecular complexity index is 2970. The first kappa shape index (κ1) is 35.1. The number of nitrogens with zero attached hydrogens (tertiary/aromatic N) is 3. The molecule has 1 aliphatic carbocycles. The molecular weight excluding hydrogens is 757 g/mol. The van der Waals surface area contributed by atoms with Crippen molar-refractivity contribution in [3.8, 4) is 11.1 Å². The highest BCUT2D eigenvalue weighted by Gasteiger charge is 2.29. The maximum atomic E-state index is 13.9. The van der Waals surface area contributed by atoms with Gasteiger partial charge in [-0.3, -0.25) is 23.2 Å². The van der Waals surface area contributed by atoms with Crippen LogP contribution in [-0.4, -0.2) is 64.6 Å². The van der Waals surface area contributed by atoms with E-state index in [1.165, 1.54) is 30.3 Å². The van der Waals surface area contributed by atoms with Gasteiger partial charge in [-0.05, 0) is 59.7 Å². The van der Waals surface area contributed by atoms with Gasteiger partial charge in [-0.2, -0.15) is 40.2 Å². The number of benzene rings is 4. The smallest absolute Gasteiger partial charge is 0.296 e. The molecule has 9 N–H and O–H groups in total. The molecular formula is C31H22N8O11S3. The van der Waals surface area contributed by atoms with Gasteiger partial charge in [-0.25, -0.2) is 0 Å². The molecule has 4 aromatic carbocycles. The maximum absolute atomic E-state index is 13.9. The lowest BCUT2D eigenvalue weighted by atomic mass is 9.83. The van der Waals surface area contributed by atoms with E-state index in [1.807, 2.05) is 0 Å². The zero-order valence-electron chi connectivity index (χ0n) is 26.3.